The maximum absolute atomic E-state index is 12.4. The number of carbonyl (C=O) groups excluding carboxylic acids is 1. The standard InChI is InChI=1S/C20H24N2O2/c1-15-17(14-24-18-7-3-2-4-8-18)6-5-9-19(15)22-20(23)16-10-12-21-13-11-16/h2-9,16,21H,10-14H2,1H3,(H,22,23). The number of nitrogens with one attached hydrogen (secondary N) is 2. The number of rotatable bonds is 5. The van der Waals surface area contributed by atoms with E-state index in [1.165, 1.54) is 0 Å². The molecule has 0 aliphatic carbocycles. The summed E-state index contributed by atoms with van der Waals surface area (Å²) in [6.07, 6.45) is 1.81. The van der Waals surface area contributed by atoms with Crippen molar-refractivity contribution in [2.24, 2.45) is 5.92 Å². The second-order valence-corrected chi connectivity index (χ2v) is 6.20. The van der Waals surface area contributed by atoms with Crippen molar-refractivity contribution < 1.29 is 9.53 Å². The van der Waals surface area contributed by atoms with Crippen molar-refractivity contribution in [2.45, 2.75) is 26.4 Å². The molecule has 1 fully saturated rings. The fourth-order valence-corrected chi connectivity index (χ4v) is 2.97. The normalized spacial score (nSPS) is 15.0. The van der Waals surface area contributed by atoms with Gasteiger partial charge in [-0.2, -0.15) is 0 Å². The van der Waals surface area contributed by atoms with Gasteiger partial charge < -0.3 is 15.4 Å². The van der Waals surface area contributed by atoms with E-state index in [1.807, 2.05) is 55.5 Å². The number of ether oxygens (including phenoxy) is 1. The third-order valence-electron chi connectivity index (χ3n) is 4.55. The lowest BCUT2D eigenvalue weighted by atomic mass is 9.97. The van der Waals surface area contributed by atoms with Crippen LogP contribution in [0.1, 0.15) is 24.0 Å². The third kappa shape index (κ3) is 4.15. The first-order valence-electron chi connectivity index (χ1n) is 8.52. The Morgan fingerprint density at radius 1 is 1.12 bits per heavy atom. The summed E-state index contributed by atoms with van der Waals surface area (Å²) in [5.74, 6) is 1.08. The zero-order chi connectivity index (χ0) is 16.8. The smallest absolute Gasteiger partial charge is 0.227 e. The first-order valence-corrected chi connectivity index (χ1v) is 8.52. The van der Waals surface area contributed by atoms with E-state index in [-0.39, 0.29) is 11.8 Å². The van der Waals surface area contributed by atoms with Gasteiger partial charge in [-0.05, 0) is 62.2 Å². The Morgan fingerprint density at radius 2 is 1.88 bits per heavy atom. The molecule has 4 heteroatoms. The quantitative estimate of drug-likeness (QED) is 0.885. The van der Waals surface area contributed by atoms with Crippen molar-refractivity contribution in [3.05, 3.63) is 59.7 Å². The maximum atomic E-state index is 12.4. The Balaban J connectivity index is 1.65. The highest BCUT2D eigenvalue weighted by Crippen LogP contribution is 2.23. The van der Waals surface area contributed by atoms with E-state index in [4.69, 9.17) is 4.74 Å². The molecule has 1 heterocycles. The summed E-state index contributed by atoms with van der Waals surface area (Å²) in [6, 6.07) is 15.7. The Hall–Kier alpha value is -2.33. The molecule has 3 rings (SSSR count). The second-order valence-electron chi connectivity index (χ2n) is 6.20. The summed E-state index contributed by atoms with van der Waals surface area (Å²) in [5.41, 5.74) is 3.03. The fourth-order valence-electron chi connectivity index (χ4n) is 2.97. The molecule has 0 bridgehead atoms. The second kappa shape index (κ2) is 7.97. The monoisotopic (exact) mass is 324 g/mol. The fraction of sp³-hybridized carbons (Fsp3) is 0.350. The van der Waals surface area contributed by atoms with Gasteiger partial charge in [0.25, 0.3) is 0 Å². The van der Waals surface area contributed by atoms with E-state index >= 15 is 0 Å². The van der Waals surface area contributed by atoms with Gasteiger partial charge in [0.2, 0.25) is 5.91 Å². The Labute approximate surface area is 143 Å². The van der Waals surface area contributed by atoms with Crippen LogP contribution in [0.5, 0.6) is 5.75 Å². The van der Waals surface area contributed by atoms with Gasteiger partial charge in [-0.3, -0.25) is 4.79 Å². The predicted molar refractivity (Wildman–Crippen MR) is 96.2 cm³/mol. The highest BCUT2D eigenvalue weighted by Gasteiger charge is 2.21. The lowest BCUT2D eigenvalue weighted by Crippen LogP contribution is -2.34. The van der Waals surface area contributed by atoms with Crippen LogP contribution in [-0.4, -0.2) is 19.0 Å². The van der Waals surface area contributed by atoms with Crippen molar-refractivity contribution in [3.63, 3.8) is 0 Å². The zero-order valence-corrected chi connectivity index (χ0v) is 14.0. The van der Waals surface area contributed by atoms with E-state index in [1.54, 1.807) is 0 Å². The molecular weight excluding hydrogens is 300 g/mol. The van der Waals surface area contributed by atoms with Crippen molar-refractivity contribution in [1.82, 2.24) is 5.32 Å². The topological polar surface area (TPSA) is 50.4 Å². The molecule has 126 valence electrons. The number of carbonyl (C=O) groups is 1. The van der Waals surface area contributed by atoms with E-state index in [0.29, 0.717) is 6.61 Å². The van der Waals surface area contributed by atoms with Crippen LogP contribution >= 0.6 is 0 Å². The van der Waals surface area contributed by atoms with E-state index in [9.17, 15) is 4.79 Å². The number of hydrogen-bond acceptors (Lipinski definition) is 3. The van der Waals surface area contributed by atoms with Crippen molar-refractivity contribution in [2.75, 3.05) is 18.4 Å². The molecule has 1 saturated heterocycles. The Kier molecular flexibility index (Phi) is 5.49. The van der Waals surface area contributed by atoms with Crippen molar-refractivity contribution in [3.8, 4) is 5.75 Å². The lowest BCUT2D eigenvalue weighted by Gasteiger charge is -2.22. The minimum atomic E-state index is 0.106. The van der Waals surface area contributed by atoms with Crippen molar-refractivity contribution >= 4 is 11.6 Å². The summed E-state index contributed by atoms with van der Waals surface area (Å²) < 4.78 is 5.83. The number of para-hydroxylation sites is 1. The Morgan fingerprint density at radius 3 is 2.62 bits per heavy atom. The summed E-state index contributed by atoms with van der Waals surface area (Å²) in [7, 11) is 0. The van der Waals surface area contributed by atoms with E-state index < -0.39 is 0 Å². The van der Waals surface area contributed by atoms with Crippen LogP contribution in [0.3, 0.4) is 0 Å². The van der Waals surface area contributed by atoms with Gasteiger partial charge in [0, 0.05) is 11.6 Å². The summed E-state index contributed by atoms with van der Waals surface area (Å²) in [4.78, 5) is 12.4. The molecule has 1 aliphatic rings. The van der Waals surface area contributed by atoms with Crippen LogP contribution in [0, 0.1) is 12.8 Å². The van der Waals surface area contributed by atoms with Crippen LogP contribution in [0.2, 0.25) is 0 Å². The molecule has 1 aliphatic heterocycles. The third-order valence-corrected chi connectivity index (χ3v) is 4.55. The number of benzene rings is 2. The first-order chi connectivity index (χ1) is 11.7. The average molecular weight is 324 g/mol. The summed E-state index contributed by atoms with van der Waals surface area (Å²) >= 11 is 0. The highest BCUT2D eigenvalue weighted by atomic mass is 16.5. The number of hydrogen-bond donors (Lipinski definition) is 2. The average Bonchev–Trinajstić information content (AvgIpc) is 2.64. The summed E-state index contributed by atoms with van der Waals surface area (Å²) in [6.45, 7) is 4.36. The largest absolute Gasteiger partial charge is 0.489 e. The van der Waals surface area contributed by atoms with Gasteiger partial charge in [0.1, 0.15) is 12.4 Å². The number of piperidine rings is 1. The van der Waals surface area contributed by atoms with Gasteiger partial charge in [-0.25, -0.2) is 0 Å². The van der Waals surface area contributed by atoms with Crippen LogP contribution in [-0.2, 0) is 11.4 Å². The molecular formula is C20H24N2O2. The SMILES string of the molecule is Cc1c(COc2ccccc2)cccc1NC(=O)C1CCNCC1. The molecule has 0 aromatic heterocycles. The predicted octanol–water partition coefficient (Wildman–Crippen LogP) is 3.51. The molecule has 0 saturated carbocycles. The van der Waals surface area contributed by atoms with E-state index in [2.05, 4.69) is 10.6 Å². The minimum absolute atomic E-state index is 0.106. The number of anilines is 1. The van der Waals surface area contributed by atoms with Crippen LogP contribution in [0.25, 0.3) is 0 Å². The molecule has 2 N–H and O–H groups in total. The van der Waals surface area contributed by atoms with Gasteiger partial charge in [-0.15, -0.1) is 0 Å². The summed E-state index contributed by atoms with van der Waals surface area (Å²) in [5, 5.41) is 6.39. The molecule has 24 heavy (non-hydrogen) atoms. The van der Waals surface area contributed by atoms with Crippen LogP contribution < -0.4 is 15.4 Å². The molecule has 0 spiro atoms. The zero-order valence-electron chi connectivity index (χ0n) is 14.0. The van der Waals surface area contributed by atoms with E-state index in [0.717, 1.165) is 48.5 Å². The Bertz CT molecular complexity index is 679. The molecule has 0 radical (unpaired) electrons. The molecule has 0 atom stereocenters. The highest BCUT2D eigenvalue weighted by molar-refractivity contribution is 5.93. The molecule has 1 amide bonds. The van der Waals surface area contributed by atoms with Crippen LogP contribution in [0.15, 0.2) is 48.5 Å². The lowest BCUT2D eigenvalue weighted by molar-refractivity contribution is -0.120. The molecule has 2 aromatic carbocycles. The van der Waals surface area contributed by atoms with Gasteiger partial charge in [0.15, 0.2) is 0 Å². The molecule has 2 aromatic rings. The van der Waals surface area contributed by atoms with Gasteiger partial charge in [-0.1, -0.05) is 30.3 Å². The van der Waals surface area contributed by atoms with Gasteiger partial charge >= 0.3 is 0 Å². The minimum Gasteiger partial charge on any atom is -0.489 e. The first kappa shape index (κ1) is 16.5. The number of amides is 1. The van der Waals surface area contributed by atoms with Crippen LogP contribution in [0.4, 0.5) is 5.69 Å². The van der Waals surface area contributed by atoms with Gasteiger partial charge in [0.05, 0.1) is 0 Å². The molecule has 0 unspecified atom stereocenters. The molecule has 4 nitrogen and oxygen atoms in total. The van der Waals surface area contributed by atoms with Crippen molar-refractivity contribution in [1.29, 1.82) is 0 Å². The maximum Gasteiger partial charge on any atom is 0.227 e.